The SMILES string of the molecule is C=C(/C=C(/C=C/C)N=C(C)C)c1ccccc1.C=CCC=C.CC.CC.CN. The van der Waals surface area contributed by atoms with E-state index in [1.807, 2.05) is 97.0 Å². The Balaban J connectivity index is -0.000000220. The largest absolute Gasteiger partial charge is 0.333 e. The predicted octanol–water partition coefficient (Wildman–Crippen LogP) is 8.02. The zero-order valence-electron chi connectivity index (χ0n) is 19.6. The molecule has 2 heteroatoms. The van der Waals surface area contributed by atoms with Gasteiger partial charge in [0.1, 0.15) is 0 Å². The Labute approximate surface area is 176 Å². The first-order valence-electron chi connectivity index (χ1n) is 9.95. The topological polar surface area (TPSA) is 38.4 Å². The first-order valence-corrected chi connectivity index (χ1v) is 9.95. The highest BCUT2D eigenvalue weighted by Crippen LogP contribution is 2.16. The maximum atomic E-state index is 4.50. The van der Waals surface area contributed by atoms with E-state index in [-0.39, 0.29) is 0 Å². The van der Waals surface area contributed by atoms with E-state index in [4.69, 9.17) is 0 Å². The molecule has 0 fully saturated rings. The molecule has 0 aliphatic heterocycles. The molecule has 1 aromatic rings. The number of allylic oxidation sites excluding steroid dienone is 6. The van der Waals surface area contributed by atoms with E-state index >= 15 is 0 Å². The van der Waals surface area contributed by atoms with Crippen molar-refractivity contribution in [2.24, 2.45) is 10.7 Å². The van der Waals surface area contributed by atoms with Gasteiger partial charge in [-0.25, -0.2) is 0 Å². The second-order valence-electron chi connectivity index (χ2n) is 4.83. The maximum Gasteiger partial charge on any atom is 0.0631 e. The van der Waals surface area contributed by atoms with Gasteiger partial charge in [-0.3, -0.25) is 4.99 Å². The summed E-state index contributed by atoms with van der Waals surface area (Å²) in [7, 11) is 1.50. The second kappa shape index (κ2) is 29.3. The minimum Gasteiger partial charge on any atom is -0.333 e. The molecule has 0 amide bonds. The van der Waals surface area contributed by atoms with Crippen molar-refractivity contribution in [2.75, 3.05) is 7.05 Å². The van der Waals surface area contributed by atoms with Crippen LogP contribution in [0.2, 0.25) is 0 Å². The number of hydrogen-bond donors (Lipinski definition) is 1. The Morgan fingerprint density at radius 3 is 1.75 bits per heavy atom. The summed E-state index contributed by atoms with van der Waals surface area (Å²) in [5.41, 5.74) is 8.57. The smallest absolute Gasteiger partial charge is 0.0631 e. The maximum absolute atomic E-state index is 4.50. The van der Waals surface area contributed by atoms with Gasteiger partial charge in [-0.1, -0.05) is 82.8 Å². The fourth-order valence-electron chi connectivity index (χ4n) is 1.58. The number of benzene rings is 1. The van der Waals surface area contributed by atoms with Gasteiger partial charge in [0.25, 0.3) is 0 Å². The van der Waals surface area contributed by atoms with Crippen LogP contribution in [0.15, 0.2) is 91.1 Å². The van der Waals surface area contributed by atoms with Crippen molar-refractivity contribution < 1.29 is 0 Å². The summed E-state index contributed by atoms with van der Waals surface area (Å²) >= 11 is 0. The summed E-state index contributed by atoms with van der Waals surface area (Å²) in [6.07, 6.45) is 10.5. The summed E-state index contributed by atoms with van der Waals surface area (Å²) < 4.78 is 0. The minimum absolute atomic E-state index is 0.917. The van der Waals surface area contributed by atoms with Crippen LogP contribution in [-0.4, -0.2) is 12.8 Å². The van der Waals surface area contributed by atoms with Gasteiger partial charge in [0.2, 0.25) is 0 Å². The lowest BCUT2D eigenvalue weighted by Crippen LogP contribution is -1.85. The number of rotatable bonds is 6. The van der Waals surface area contributed by atoms with E-state index in [1.54, 1.807) is 0 Å². The van der Waals surface area contributed by atoms with Crippen LogP contribution in [0.3, 0.4) is 0 Å². The molecule has 1 aromatic carbocycles. The van der Waals surface area contributed by atoms with Crippen molar-refractivity contribution in [1.29, 1.82) is 0 Å². The third-order valence-corrected chi connectivity index (χ3v) is 2.49. The van der Waals surface area contributed by atoms with E-state index in [1.165, 1.54) is 7.05 Å². The highest BCUT2D eigenvalue weighted by atomic mass is 14.7. The minimum atomic E-state index is 0.917. The van der Waals surface area contributed by atoms with Gasteiger partial charge >= 0.3 is 0 Å². The molecule has 0 aliphatic rings. The Morgan fingerprint density at radius 2 is 1.43 bits per heavy atom. The van der Waals surface area contributed by atoms with Crippen LogP contribution in [0, 0.1) is 0 Å². The fourth-order valence-corrected chi connectivity index (χ4v) is 1.58. The molecule has 0 atom stereocenters. The molecule has 0 heterocycles. The second-order valence-corrected chi connectivity index (χ2v) is 4.83. The molecule has 0 aromatic heterocycles. The van der Waals surface area contributed by atoms with Crippen molar-refractivity contribution in [3.63, 3.8) is 0 Å². The van der Waals surface area contributed by atoms with E-state index in [2.05, 4.69) is 42.6 Å². The Bertz CT molecular complexity index is 551. The fraction of sp³-hybridized carbons (Fsp3) is 0.346. The molecule has 0 radical (unpaired) electrons. The predicted molar refractivity (Wildman–Crippen MR) is 135 cm³/mol. The highest BCUT2D eigenvalue weighted by Gasteiger charge is 1.96. The molecule has 0 aliphatic carbocycles. The molecular weight excluding hydrogens is 340 g/mol. The van der Waals surface area contributed by atoms with Gasteiger partial charge < -0.3 is 5.73 Å². The van der Waals surface area contributed by atoms with Crippen LogP contribution in [0.1, 0.15) is 60.5 Å². The van der Waals surface area contributed by atoms with Gasteiger partial charge in [-0.15, -0.1) is 13.2 Å². The lowest BCUT2D eigenvalue weighted by Gasteiger charge is -2.02. The van der Waals surface area contributed by atoms with Gasteiger partial charge in [-0.05, 0) is 57.5 Å². The Hall–Kier alpha value is -2.45. The van der Waals surface area contributed by atoms with Gasteiger partial charge in [0, 0.05) is 5.71 Å². The first-order chi connectivity index (χ1) is 13.5. The molecular formula is C26H44N2. The lowest BCUT2D eigenvalue weighted by atomic mass is 10.1. The first kappa shape index (κ1) is 33.2. The monoisotopic (exact) mass is 384 g/mol. The third-order valence-electron chi connectivity index (χ3n) is 2.49. The molecule has 158 valence electrons. The molecule has 28 heavy (non-hydrogen) atoms. The number of nitrogens with two attached hydrogens (primary N) is 1. The van der Waals surface area contributed by atoms with Crippen molar-refractivity contribution in [3.05, 3.63) is 91.7 Å². The summed E-state index contributed by atoms with van der Waals surface area (Å²) in [5, 5.41) is 0. The lowest BCUT2D eigenvalue weighted by molar-refractivity contribution is 1.37. The van der Waals surface area contributed by atoms with Crippen LogP contribution in [-0.2, 0) is 0 Å². The molecule has 0 saturated carbocycles. The summed E-state index contributed by atoms with van der Waals surface area (Å²) in [6, 6.07) is 10.1. The van der Waals surface area contributed by atoms with Crippen LogP contribution < -0.4 is 5.73 Å². The Morgan fingerprint density at radius 1 is 0.964 bits per heavy atom. The Kier molecular flexibility index (Phi) is 34.7. The molecule has 2 N–H and O–H groups in total. The van der Waals surface area contributed by atoms with Crippen molar-refractivity contribution in [3.8, 4) is 0 Å². The van der Waals surface area contributed by atoms with E-state index in [9.17, 15) is 0 Å². The average molecular weight is 385 g/mol. The summed E-state index contributed by atoms with van der Waals surface area (Å²) in [4.78, 5) is 4.46. The zero-order chi connectivity index (χ0) is 22.8. The van der Waals surface area contributed by atoms with E-state index < -0.39 is 0 Å². The summed E-state index contributed by atoms with van der Waals surface area (Å²) in [6.45, 7) is 25.0. The summed E-state index contributed by atoms with van der Waals surface area (Å²) in [5.74, 6) is 0. The highest BCUT2D eigenvalue weighted by molar-refractivity contribution is 5.81. The third kappa shape index (κ3) is 23.5. The molecule has 2 nitrogen and oxygen atoms in total. The van der Waals surface area contributed by atoms with Crippen LogP contribution in [0.5, 0.6) is 0 Å². The van der Waals surface area contributed by atoms with E-state index in [0.717, 1.165) is 29.0 Å². The van der Waals surface area contributed by atoms with Gasteiger partial charge in [0.15, 0.2) is 0 Å². The number of nitrogens with zero attached hydrogens (tertiary/aromatic N) is 1. The van der Waals surface area contributed by atoms with Gasteiger partial charge in [0.05, 0.1) is 5.70 Å². The van der Waals surface area contributed by atoms with Crippen LogP contribution in [0.25, 0.3) is 5.57 Å². The molecule has 0 spiro atoms. The van der Waals surface area contributed by atoms with Crippen LogP contribution in [0.4, 0.5) is 0 Å². The van der Waals surface area contributed by atoms with Gasteiger partial charge in [-0.2, -0.15) is 0 Å². The quantitative estimate of drug-likeness (QED) is 0.301. The van der Waals surface area contributed by atoms with Crippen molar-refractivity contribution in [1.82, 2.24) is 0 Å². The number of aliphatic imine (C=N–C) groups is 1. The van der Waals surface area contributed by atoms with E-state index in [0.29, 0.717) is 0 Å². The molecule has 0 bridgehead atoms. The van der Waals surface area contributed by atoms with Crippen LogP contribution >= 0.6 is 0 Å². The molecule has 0 unspecified atom stereocenters. The zero-order valence-corrected chi connectivity index (χ0v) is 19.6. The molecule has 0 saturated heterocycles. The number of hydrogen-bond acceptors (Lipinski definition) is 2. The standard InChI is InChI=1S/C16H19N.C5H8.2C2H6.CH5N/c1-5-9-16(17-13(2)3)12-14(4)15-10-7-6-8-11-15;1-3-5-4-2;3*1-2/h5-12H,4H2,1-3H3;3-4H,1-2,5H2;2*1-2H3;2H2,1H3/b9-5+,16-12-;;;;. The normalized spacial score (nSPS) is 8.82. The molecule has 1 rings (SSSR count). The van der Waals surface area contributed by atoms with Crippen molar-refractivity contribution >= 4 is 11.3 Å². The van der Waals surface area contributed by atoms with Crippen molar-refractivity contribution in [2.45, 2.75) is 54.9 Å². The average Bonchev–Trinajstić information content (AvgIpc) is 2.74.